The zero-order valence-electron chi connectivity index (χ0n) is 15.6. The fourth-order valence-electron chi connectivity index (χ4n) is 3.10. The van der Waals surface area contributed by atoms with Crippen LogP contribution in [0.15, 0.2) is 67.3 Å². The molecule has 0 N–H and O–H groups in total. The van der Waals surface area contributed by atoms with Crippen molar-refractivity contribution in [1.29, 1.82) is 0 Å². The fourth-order valence-corrected chi connectivity index (χ4v) is 3.28. The van der Waals surface area contributed by atoms with E-state index in [1.165, 1.54) is 0 Å². The number of hydrogen-bond acceptors (Lipinski definition) is 3. The highest BCUT2D eigenvalue weighted by Crippen LogP contribution is 2.31. The van der Waals surface area contributed by atoms with Gasteiger partial charge in [-0.15, -0.1) is 0 Å². The van der Waals surface area contributed by atoms with Crippen molar-refractivity contribution in [3.8, 4) is 22.3 Å². The van der Waals surface area contributed by atoms with E-state index in [1.54, 1.807) is 29.9 Å². The Balaban J connectivity index is 1.62. The predicted octanol–water partition coefficient (Wildman–Crippen LogP) is 4.51. The molecule has 4 aromatic rings. The SMILES string of the molecule is CN(C)C(=O)Cn1cc(-c2ccc(-c3cncc4cc(Cl)ccc34)cc2)cn1. The van der Waals surface area contributed by atoms with E-state index in [4.69, 9.17) is 11.6 Å². The lowest BCUT2D eigenvalue weighted by Crippen LogP contribution is -2.26. The number of benzene rings is 2. The number of carbonyl (C=O) groups is 1. The Morgan fingerprint density at radius 1 is 1.00 bits per heavy atom. The highest BCUT2D eigenvalue weighted by molar-refractivity contribution is 6.31. The molecule has 6 heteroatoms. The number of rotatable bonds is 4. The number of nitrogens with zero attached hydrogens (tertiary/aromatic N) is 4. The summed E-state index contributed by atoms with van der Waals surface area (Å²) in [5, 5.41) is 7.12. The summed E-state index contributed by atoms with van der Waals surface area (Å²) < 4.78 is 1.66. The zero-order chi connectivity index (χ0) is 19.7. The lowest BCUT2D eigenvalue weighted by Gasteiger charge is -2.09. The fraction of sp³-hybridized carbons (Fsp3) is 0.136. The molecule has 0 bridgehead atoms. The molecule has 0 radical (unpaired) electrons. The Morgan fingerprint density at radius 3 is 2.50 bits per heavy atom. The molecule has 2 aromatic heterocycles. The van der Waals surface area contributed by atoms with Crippen molar-refractivity contribution in [3.05, 3.63) is 72.3 Å². The van der Waals surface area contributed by atoms with Gasteiger partial charge < -0.3 is 4.90 Å². The van der Waals surface area contributed by atoms with Crippen LogP contribution in [0.3, 0.4) is 0 Å². The minimum atomic E-state index is 0.00792. The van der Waals surface area contributed by atoms with Gasteiger partial charge in [0.05, 0.1) is 6.20 Å². The number of pyridine rings is 1. The van der Waals surface area contributed by atoms with Crippen LogP contribution in [0, 0.1) is 0 Å². The Hall–Kier alpha value is -3.18. The van der Waals surface area contributed by atoms with Gasteiger partial charge in [-0.25, -0.2) is 0 Å². The second-order valence-corrected chi connectivity index (χ2v) is 7.28. The maximum atomic E-state index is 11.8. The van der Waals surface area contributed by atoms with Gasteiger partial charge in [-0.2, -0.15) is 5.10 Å². The third-order valence-electron chi connectivity index (χ3n) is 4.68. The number of amides is 1. The Labute approximate surface area is 168 Å². The van der Waals surface area contributed by atoms with Crippen LogP contribution < -0.4 is 0 Å². The summed E-state index contributed by atoms with van der Waals surface area (Å²) >= 11 is 6.10. The number of fused-ring (bicyclic) bond motifs is 1. The van der Waals surface area contributed by atoms with Crippen molar-refractivity contribution in [1.82, 2.24) is 19.7 Å². The molecule has 0 aliphatic rings. The van der Waals surface area contributed by atoms with Crippen LogP contribution in [-0.4, -0.2) is 39.7 Å². The Morgan fingerprint density at radius 2 is 1.75 bits per heavy atom. The lowest BCUT2D eigenvalue weighted by molar-refractivity contribution is -0.129. The molecule has 0 fully saturated rings. The highest BCUT2D eigenvalue weighted by Gasteiger charge is 2.09. The van der Waals surface area contributed by atoms with Crippen LogP contribution in [0.5, 0.6) is 0 Å². The van der Waals surface area contributed by atoms with Crippen LogP contribution in [0.1, 0.15) is 0 Å². The molecule has 0 spiro atoms. The van der Waals surface area contributed by atoms with Crippen LogP contribution in [0.4, 0.5) is 0 Å². The minimum absolute atomic E-state index is 0.00792. The van der Waals surface area contributed by atoms with Gasteiger partial charge in [0.2, 0.25) is 5.91 Å². The summed E-state index contributed by atoms with van der Waals surface area (Å²) in [5.41, 5.74) is 4.16. The van der Waals surface area contributed by atoms with Crippen LogP contribution in [-0.2, 0) is 11.3 Å². The first-order valence-corrected chi connectivity index (χ1v) is 9.26. The molecule has 2 aromatic carbocycles. The van der Waals surface area contributed by atoms with Gasteiger partial charge in [0.15, 0.2) is 0 Å². The smallest absolute Gasteiger partial charge is 0.243 e. The monoisotopic (exact) mass is 390 g/mol. The third-order valence-corrected chi connectivity index (χ3v) is 4.91. The molecular weight excluding hydrogens is 372 g/mol. The normalized spacial score (nSPS) is 11.0. The van der Waals surface area contributed by atoms with Gasteiger partial charge in [-0.3, -0.25) is 14.5 Å². The van der Waals surface area contributed by atoms with E-state index >= 15 is 0 Å². The summed E-state index contributed by atoms with van der Waals surface area (Å²) in [6.45, 7) is 0.231. The standard InChI is InChI=1S/C22H19ClN4O/c1-26(2)22(28)14-27-13-18(11-25-27)15-3-5-16(6-4-15)21-12-24-10-17-9-19(23)7-8-20(17)21/h3-13H,14H2,1-2H3. The Kier molecular flexibility index (Phi) is 4.84. The number of likely N-dealkylation sites (N-methyl/N-ethyl adjacent to an activating group) is 1. The van der Waals surface area contributed by atoms with E-state index in [-0.39, 0.29) is 12.5 Å². The lowest BCUT2D eigenvalue weighted by atomic mass is 9.99. The molecule has 0 aliphatic heterocycles. The average molecular weight is 391 g/mol. The van der Waals surface area contributed by atoms with E-state index in [1.807, 2.05) is 36.8 Å². The van der Waals surface area contributed by atoms with E-state index in [0.717, 1.165) is 33.0 Å². The van der Waals surface area contributed by atoms with E-state index in [2.05, 4.69) is 34.3 Å². The van der Waals surface area contributed by atoms with Gasteiger partial charge in [0.25, 0.3) is 0 Å². The zero-order valence-corrected chi connectivity index (χ0v) is 16.4. The number of carbonyl (C=O) groups excluding carboxylic acids is 1. The predicted molar refractivity (Wildman–Crippen MR) is 112 cm³/mol. The maximum absolute atomic E-state index is 11.8. The molecule has 2 heterocycles. The first-order chi connectivity index (χ1) is 13.5. The number of aromatic nitrogens is 3. The molecule has 28 heavy (non-hydrogen) atoms. The molecule has 140 valence electrons. The third kappa shape index (κ3) is 3.62. The molecule has 1 amide bonds. The first-order valence-electron chi connectivity index (χ1n) is 8.88. The summed E-state index contributed by atoms with van der Waals surface area (Å²) in [5.74, 6) is 0.00792. The van der Waals surface area contributed by atoms with Crippen LogP contribution >= 0.6 is 11.6 Å². The second-order valence-electron chi connectivity index (χ2n) is 6.84. The van der Waals surface area contributed by atoms with Crippen molar-refractivity contribution in [2.75, 3.05) is 14.1 Å². The second kappa shape index (κ2) is 7.44. The van der Waals surface area contributed by atoms with E-state index < -0.39 is 0 Å². The molecule has 5 nitrogen and oxygen atoms in total. The maximum Gasteiger partial charge on any atom is 0.243 e. The van der Waals surface area contributed by atoms with Crippen molar-refractivity contribution >= 4 is 28.3 Å². The molecule has 0 unspecified atom stereocenters. The quantitative estimate of drug-likeness (QED) is 0.515. The summed E-state index contributed by atoms with van der Waals surface area (Å²) in [4.78, 5) is 17.7. The van der Waals surface area contributed by atoms with Crippen molar-refractivity contribution in [3.63, 3.8) is 0 Å². The Bertz CT molecular complexity index is 1150. The van der Waals surface area contributed by atoms with Gasteiger partial charge in [0.1, 0.15) is 6.54 Å². The molecule has 0 atom stereocenters. The van der Waals surface area contributed by atoms with Crippen LogP contribution in [0.25, 0.3) is 33.0 Å². The first kappa shape index (κ1) is 18.2. The van der Waals surface area contributed by atoms with E-state index in [9.17, 15) is 4.79 Å². The molecule has 4 rings (SSSR count). The van der Waals surface area contributed by atoms with Gasteiger partial charge in [-0.1, -0.05) is 41.9 Å². The molecule has 0 saturated heterocycles. The van der Waals surface area contributed by atoms with Crippen molar-refractivity contribution < 1.29 is 4.79 Å². The summed E-state index contributed by atoms with van der Waals surface area (Å²) in [6.07, 6.45) is 7.36. The highest BCUT2D eigenvalue weighted by atomic mass is 35.5. The number of halogens is 1. The van der Waals surface area contributed by atoms with Gasteiger partial charge in [0, 0.05) is 54.2 Å². The topological polar surface area (TPSA) is 51.0 Å². The van der Waals surface area contributed by atoms with Gasteiger partial charge >= 0.3 is 0 Å². The van der Waals surface area contributed by atoms with Gasteiger partial charge in [-0.05, 0) is 28.6 Å². The van der Waals surface area contributed by atoms with Crippen molar-refractivity contribution in [2.45, 2.75) is 6.54 Å². The molecule has 0 saturated carbocycles. The average Bonchev–Trinajstić information content (AvgIpc) is 3.16. The minimum Gasteiger partial charge on any atom is -0.347 e. The van der Waals surface area contributed by atoms with E-state index in [0.29, 0.717) is 5.02 Å². The molecule has 0 aliphatic carbocycles. The summed E-state index contributed by atoms with van der Waals surface area (Å²) in [7, 11) is 3.48. The van der Waals surface area contributed by atoms with Crippen LogP contribution in [0.2, 0.25) is 5.02 Å². The van der Waals surface area contributed by atoms with Crippen molar-refractivity contribution in [2.24, 2.45) is 0 Å². The summed E-state index contributed by atoms with van der Waals surface area (Å²) in [6, 6.07) is 14.1. The molecular formula is C22H19ClN4O. The largest absolute Gasteiger partial charge is 0.347 e. The number of hydrogen-bond donors (Lipinski definition) is 0.